The van der Waals surface area contributed by atoms with Crippen LogP contribution >= 0.6 is 11.3 Å². The molecule has 0 saturated carbocycles. The Hall–Kier alpha value is -3.57. The van der Waals surface area contributed by atoms with Crippen LogP contribution in [0.4, 0.5) is 21.2 Å². The lowest BCUT2D eigenvalue weighted by molar-refractivity contribution is -0.121. The first kappa shape index (κ1) is 24.1. The zero-order valence-electron chi connectivity index (χ0n) is 20.6. The first-order valence-electron chi connectivity index (χ1n) is 12.0. The highest BCUT2D eigenvalue weighted by molar-refractivity contribution is 7.14. The summed E-state index contributed by atoms with van der Waals surface area (Å²) >= 11 is 1.53. The van der Waals surface area contributed by atoms with E-state index in [0.717, 1.165) is 72.0 Å². The molecule has 1 fully saturated rings. The van der Waals surface area contributed by atoms with Gasteiger partial charge in [0.15, 0.2) is 16.6 Å². The maximum absolute atomic E-state index is 13.3. The third kappa shape index (κ3) is 4.76. The number of fused-ring (bicyclic) bond motifs is 1. The number of imidazole rings is 1. The van der Waals surface area contributed by atoms with E-state index in [1.165, 1.54) is 23.5 Å². The number of carbonyl (C=O) groups is 1. The molecule has 9 nitrogen and oxygen atoms in total. The number of nitrogens with one attached hydrogen (secondary N) is 1. The van der Waals surface area contributed by atoms with Crippen molar-refractivity contribution in [2.24, 2.45) is 0 Å². The van der Waals surface area contributed by atoms with E-state index in [9.17, 15) is 9.18 Å². The van der Waals surface area contributed by atoms with Crippen LogP contribution in [0, 0.1) is 5.82 Å². The van der Waals surface area contributed by atoms with Gasteiger partial charge in [-0.3, -0.25) is 9.69 Å². The van der Waals surface area contributed by atoms with Gasteiger partial charge < -0.3 is 15.1 Å². The molecule has 0 radical (unpaired) electrons. The first-order chi connectivity index (χ1) is 17.5. The van der Waals surface area contributed by atoms with E-state index in [4.69, 9.17) is 15.1 Å². The Balaban J connectivity index is 1.41. The Labute approximate surface area is 213 Å². The summed E-state index contributed by atoms with van der Waals surface area (Å²) in [7, 11) is 3.64. The normalized spacial score (nSPS) is 14.4. The van der Waals surface area contributed by atoms with Gasteiger partial charge in [-0.25, -0.2) is 14.4 Å². The van der Waals surface area contributed by atoms with E-state index in [-0.39, 0.29) is 11.7 Å². The molecule has 0 spiro atoms. The van der Waals surface area contributed by atoms with Gasteiger partial charge in [0.25, 0.3) is 0 Å². The maximum atomic E-state index is 13.3. The molecule has 1 amide bonds. The Morgan fingerprint density at radius 2 is 1.86 bits per heavy atom. The molecule has 4 aromatic rings. The van der Waals surface area contributed by atoms with Crippen LogP contribution in [0.2, 0.25) is 0 Å². The Kier molecular flexibility index (Phi) is 6.84. The van der Waals surface area contributed by atoms with Crippen LogP contribution in [0.25, 0.3) is 16.9 Å². The molecule has 1 N–H and O–H groups in total. The van der Waals surface area contributed by atoms with Crippen LogP contribution in [0.15, 0.2) is 41.8 Å². The van der Waals surface area contributed by atoms with Gasteiger partial charge in [-0.05, 0) is 42.8 Å². The van der Waals surface area contributed by atoms with E-state index in [0.29, 0.717) is 6.54 Å². The molecule has 36 heavy (non-hydrogen) atoms. The van der Waals surface area contributed by atoms with Crippen molar-refractivity contribution in [3.63, 3.8) is 0 Å². The summed E-state index contributed by atoms with van der Waals surface area (Å²) in [4.78, 5) is 27.7. The van der Waals surface area contributed by atoms with Crippen LogP contribution in [0.1, 0.15) is 12.6 Å². The SMILES string of the molecule is CCc1nc2ccc(N3CCN(CC(=O)NC)CC3)nn2c1N(C)c1nc(-c2ccc(F)cc2)cs1. The quantitative estimate of drug-likeness (QED) is 0.411. The number of aryl methyl sites for hydroxylation is 1. The van der Waals surface area contributed by atoms with Crippen LogP contribution in [0.3, 0.4) is 0 Å². The summed E-state index contributed by atoms with van der Waals surface area (Å²) in [6, 6.07) is 10.4. The summed E-state index contributed by atoms with van der Waals surface area (Å²) < 4.78 is 15.2. The number of thiazole rings is 1. The van der Waals surface area contributed by atoms with E-state index >= 15 is 0 Å². The van der Waals surface area contributed by atoms with Crippen molar-refractivity contribution in [3.05, 3.63) is 53.3 Å². The highest BCUT2D eigenvalue weighted by Crippen LogP contribution is 2.33. The minimum absolute atomic E-state index is 0.0333. The molecule has 0 aliphatic carbocycles. The van der Waals surface area contributed by atoms with Gasteiger partial charge >= 0.3 is 0 Å². The topological polar surface area (TPSA) is 81.9 Å². The number of hydrogen-bond acceptors (Lipinski definition) is 8. The minimum atomic E-state index is -0.264. The highest BCUT2D eigenvalue weighted by Gasteiger charge is 2.23. The van der Waals surface area contributed by atoms with Crippen molar-refractivity contribution < 1.29 is 9.18 Å². The zero-order valence-corrected chi connectivity index (χ0v) is 21.4. The van der Waals surface area contributed by atoms with Gasteiger partial charge in [0, 0.05) is 51.2 Å². The predicted molar refractivity (Wildman–Crippen MR) is 141 cm³/mol. The molecule has 1 aliphatic rings. The number of likely N-dealkylation sites (N-methyl/N-ethyl adjacent to an activating group) is 1. The van der Waals surface area contributed by atoms with Gasteiger partial charge in [0.1, 0.15) is 11.6 Å². The second-order valence-corrected chi connectivity index (χ2v) is 9.55. The molecule has 5 rings (SSSR count). The second kappa shape index (κ2) is 10.2. The van der Waals surface area contributed by atoms with Crippen LogP contribution < -0.4 is 15.1 Å². The summed E-state index contributed by atoms with van der Waals surface area (Å²) in [5, 5.41) is 10.4. The van der Waals surface area contributed by atoms with Gasteiger partial charge in [-0.1, -0.05) is 6.92 Å². The third-order valence-corrected chi connectivity index (χ3v) is 7.34. The molecule has 0 bridgehead atoms. The number of rotatable bonds is 7. The molecular weight excluding hydrogens is 479 g/mol. The summed E-state index contributed by atoms with van der Waals surface area (Å²) in [6.07, 6.45) is 0.757. The lowest BCUT2D eigenvalue weighted by Gasteiger charge is -2.34. The van der Waals surface area contributed by atoms with E-state index < -0.39 is 0 Å². The number of benzene rings is 1. The smallest absolute Gasteiger partial charge is 0.233 e. The standard InChI is InChI=1S/C25H29FN8OS/c1-4-19-24(31(3)25-29-20(16-36-25)17-5-7-18(26)8-6-17)34-21(28-19)9-10-22(30-34)33-13-11-32(12-14-33)15-23(35)27-2/h5-10,16H,4,11-15H2,1-3H3,(H,27,35). The van der Waals surface area contributed by atoms with Crippen molar-refractivity contribution in [2.75, 3.05) is 56.6 Å². The fraction of sp³-hybridized carbons (Fsp3) is 0.360. The number of anilines is 3. The molecule has 3 aromatic heterocycles. The third-order valence-electron chi connectivity index (χ3n) is 6.42. The van der Waals surface area contributed by atoms with E-state index in [2.05, 4.69) is 22.0 Å². The molecule has 1 saturated heterocycles. The number of carbonyl (C=O) groups excluding carboxylic acids is 1. The number of halogens is 1. The average molecular weight is 509 g/mol. The summed E-state index contributed by atoms with van der Waals surface area (Å²) in [5.74, 6) is 1.53. The molecular formula is C25H29FN8OS. The zero-order chi connectivity index (χ0) is 25.2. The molecule has 0 unspecified atom stereocenters. The lowest BCUT2D eigenvalue weighted by atomic mass is 10.2. The van der Waals surface area contributed by atoms with Crippen molar-refractivity contribution >= 4 is 39.7 Å². The van der Waals surface area contributed by atoms with Crippen LogP contribution in [-0.4, -0.2) is 77.2 Å². The van der Waals surface area contributed by atoms with Gasteiger partial charge in [0.2, 0.25) is 5.91 Å². The number of aromatic nitrogens is 4. The highest BCUT2D eigenvalue weighted by atomic mass is 32.1. The average Bonchev–Trinajstić information content (AvgIpc) is 3.54. The van der Waals surface area contributed by atoms with Crippen molar-refractivity contribution in [1.29, 1.82) is 0 Å². The minimum Gasteiger partial charge on any atom is -0.358 e. The molecule has 0 atom stereocenters. The molecule has 188 valence electrons. The van der Waals surface area contributed by atoms with Crippen molar-refractivity contribution in [2.45, 2.75) is 13.3 Å². The lowest BCUT2D eigenvalue weighted by Crippen LogP contribution is -2.49. The van der Waals surface area contributed by atoms with Crippen molar-refractivity contribution in [3.8, 4) is 11.3 Å². The molecule has 4 heterocycles. The number of amides is 1. The molecule has 11 heteroatoms. The first-order valence-corrected chi connectivity index (χ1v) is 12.9. The maximum Gasteiger partial charge on any atom is 0.233 e. The Morgan fingerprint density at radius 3 is 2.56 bits per heavy atom. The number of piperazine rings is 1. The van der Waals surface area contributed by atoms with Gasteiger partial charge in [-0.15, -0.1) is 16.4 Å². The van der Waals surface area contributed by atoms with Crippen molar-refractivity contribution in [1.82, 2.24) is 29.8 Å². The second-order valence-electron chi connectivity index (χ2n) is 8.71. The number of nitrogens with zero attached hydrogens (tertiary/aromatic N) is 7. The monoisotopic (exact) mass is 508 g/mol. The Bertz CT molecular complexity index is 1360. The van der Waals surface area contributed by atoms with Crippen LogP contribution in [0.5, 0.6) is 0 Å². The largest absolute Gasteiger partial charge is 0.358 e. The fourth-order valence-electron chi connectivity index (χ4n) is 4.38. The summed E-state index contributed by atoms with van der Waals surface area (Å²) in [6.45, 7) is 5.69. The van der Waals surface area contributed by atoms with Gasteiger partial charge in [0.05, 0.1) is 17.9 Å². The fourth-order valence-corrected chi connectivity index (χ4v) is 5.18. The number of hydrogen-bond donors (Lipinski definition) is 1. The predicted octanol–water partition coefficient (Wildman–Crippen LogP) is 3.19. The molecule has 1 aromatic carbocycles. The van der Waals surface area contributed by atoms with E-state index in [1.807, 2.05) is 34.0 Å². The molecule has 1 aliphatic heterocycles. The van der Waals surface area contributed by atoms with Crippen LogP contribution in [-0.2, 0) is 11.2 Å². The van der Waals surface area contributed by atoms with E-state index in [1.54, 1.807) is 19.2 Å². The van der Waals surface area contributed by atoms with Gasteiger partial charge in [-0.2, -0.15) is 4.52 Å². The summed E-state index contributed by atoms with van der Waals surface area (Å²) in [5.41, 5.74) is 3.40. The Morgan fingerprint density at radius 1 is 1.11 bits per heavy atom.